The lowest BCUT2D eigenvalue weighted by molar-refractivity contribution is -0.384. The Morgan fingerprint density at radius 1 is 1.21 bits per heavy atom. The summed E-state index contributed by atoms with van der Waals surface area (Å²) in [5.41, 5.74) is -0.573. The number of nitro groups is 1. The molecule has 9 nitrogen and oxygen atoms in total. The fourth-order valence-electron chi connectivity index (χ4n) is 2.80. The Morgan fingerprint density at radius 3 is 2.32 bits per heavy atom. The van der Waals surface area contributed by atoms with Gasteiger partial charge in [0, 0.05) is 52.2 Å². The number of carbonyl (C=O) groups is 2. The standard InChI is InChI=1S/C19H27N3O6/c1-19(2,3)28-18(24)21-10-8-14(9-11-21)27-16-7-6-13(22(25)26)12-15(16)17(23)20(4)5/h6-7,12,14H,8-11H2,1-5H3. The van der Waals surface area contributed by atoms with Crippen LogP contribution in [0.15, 0.2) is 18.2 Å². The Balaban J connectivity index is 2.07. The van der Waals surface area contributed by atoms with Crippen molar-refractivity contribution in [1.29, 1.82) is 0 Å². The van der Waals surface area contributed by atoms with E-state index in [2.05, 4.69) is 0 Å². The van der Waals surface area contributed by atoms with Crippen molar-refractivity contribution in [2.24, 2.45) is 0 Å². The van der Waals surface area contributed by atoms with Gasteiger partial charge in [-0.05, 0) is 26.8 Å². The second-order valence-corrected chi connectivity index (χ2v) is 7.92. The van der Waals surface area contributed by atoms with E-state index in [4.69, 9.17) is 9.47 Å². The molecule has 154 valence electrons. The summed E-state index contributed by atoms with van der Waals surface area (Å²) < 4.78 is 11.3. The highest BCUT2D eigenvalue weighted by molar-refractivity contribution is 5.97. The summed E-state index contributed by atoms with van der Waals surface area (Å²) in [7, 11) is 3.15. The number of hydrogen-bond donors (Lipinski definition) is 0. The summed E-state index contributed by atoms with van der Waals surface area (Å²) in [5, 5.41) is 11.0. The van der Waals surface area contributed by atoms with Crippen LogP contribution in [0.1, 0.15) is 44.0 Å². The van der Waals surface area contributed by atoms with Crippen LogP contribution >= 0.6 is 0 Å². The number of piperidine rings is 1. The van der Waals surface area contributed by atoms with E-state index in [0.717, 1.165) is 0 Å². The molecule has 1 aromatic carbocycles. The first-order chi connectivity index (χ1) is 13.0. The number of rotatable bonds is 4. The third-order valence-electron chi connectivity index (χ3n) is 4.20. The summed E-state index contributed by atoms with van der Waals surface area (Å²) in [6.45, 7) is 6.41. The molecular formula is C19H27N3O6. The normalized spacial score (nSPS) is 15.1. The van der Waals surface area contributed by atoms with Crippen molar-refractivity contribution in [3.63, 3.8) is 0 Å². The van der Waals surface area contributed by atoms with Crippen LogP contribution in [-0.2, 0) is 4.74 Å². The molecule has 2 rings (SSSR count). The highest BCUT2D eigenvalue weighted by Crippen LogP contribution is 2.28. The Labute approximate surface area is 164 Å². The minimum Gasteiger partial charge on any atom is -0.489 e. The minimum absolute atomic E-state index is 0.147. The number of benzene rings is 1. The summed E-state index contributed by atoms with van der Waals surface area (Å²) in [5.74, 6) is -0.0649. The molecule has 1 heterocycles. The zero-order valence-corrected chi connectivity index (χ0v) is 16.9. The van der Waals surface area contributed by atoms with Gasteiger partial charge in [-0.1, -0.05) is 0 Å². The number of ether oxygens (including phenoxy) is 2. The van der Waals surface area contributed by atoms with E-state index >= 15 is 0 Å². The zero-order chi connectivity index (χ0) is 21.1. The summed E-state index contributed by atoms with van der Waals surface area (Å²) in [6.07, 6.45) is 0.594. The van der Waals surface area contributed by atoms with Crippen molar-refractivity contribution < 1.29 is 24.0 Å². The summed E-state index contributed by atoms with van der Waals surface area (Å²) in [4.78, 5) is 38.0. The maximum Gasteiger partial charge on any atom is 0.410 e. The van der Waals surface area contributed by atoms with Gasteiger partial charge in [0.1, 0.15) is 17.5 Å². The molecule has 1 aliphatic rings. The van der Waals surface area contributed by atoms with Crippen molar-refractivity contribution in [1.82, 2.24) is 9.80 Å². The van der Waals surface area contributed by atoms with Crippen LogP contribution in [-0.4, -0.2) is 65.6 Å². The first-order valence-corrected chi connectivity index (χ1v) is 9.12. The first-order valence-electron chi connectivity index (χ1n) is 9.12. The molecule has 0 N–H and O–H groups in total. The molecule has 2 amide bonds. The molecule has 0 bridgehead atoms. The lowest BCUT2D eigenvalue weighted by Crippen LogP contribution is -2.44. The molecule has 0 saturated carbocycles. The number of carbonyl (C=O) groups excluding carboxylic acids is 2. The van der Waals surface area contributed by atoms with E-state index in [1.54, 1.807) is 19.0 Å². The maximum atomic E-state index is 12.4. The number of nitro benzene ring substituents is 1. The van der Waals surface area contributed by atoms with Crippen LogP contribution < -0.4 is 4.74 Å². The third-order valence-corrected chi connectivity index (χ3v) is 4.20. The predicted octanol–water partition coefficient (Wildman–Crippen LogP) is 3.07. The fourth-order valence-corrected chi connectivity index (χ4v) is 2.80. The van der Waals surface area contributed by atoms with Gasteiger partial charge in [0.2, 0.25) is 0 Å². The van der Waals surface area contributed by atoms with E-state index < -0.39 is 10.5 Å². The third kappa shape index (κ3) is 5.58. The molecule has 28 heavy (non-hydrogen) atoms. The molecule has 0 aromatic heterocycles. The van der Waals surface area contributed by atoms with Gasteiger partial charge in [-0.25, -0.2) is 4.79 Å². The number of nitrogens with zero attached hydrogens (tertiary/aromatic N) is 3. The van der Waals surface area contributed by atoms with Crippen LogP contribution in [0.5, 0.6) is 5.75 Å². The lowest BCUT2D eigenvalue weighted by Gasteiger charge is -2.33. The predicted molar refractivity (Wildman–Crippen MR) is 103 cm³/mol. The Morgan fingerprint density at radius 2 is 1.82 bits per heavy atom. The van der Waals surface area contributed by atoms with Gasteiger partial charge in [-0.2, -0.15) is 0 Å². The molecule has 0 aliphatic carbocycles. The number of likely N-dealkylation sites (tertiary alicyclic amines) is 1. The van der Waals surface area contributed by atoms with Gasteiger partial charge in [0.05, 0.1) is 10.5 Å². The summed E-state index contributed by atoms with van der Waals surface area (Å²) in [6, 6.07) is 4.00. The van der Waals surface area contributed by atoms with Crippen molar-refractivity contribution in [3.8, 4) is 5.75 Å². The second-order valence-electron chi connectivity index (χ2n) is 7.92. The van der Waals surface area contributed by atoms with E-state index in [1.807, 2.05) is 20.8 Å². The maximum absolute atomic E-state index is 12.4. The monoisotopic (exact) mass is 393 g/mol. The fraction of sp³-hybridized carbons (Fsp3) is 0.579. The molecule has 1 saturated heterocycles. The average molecular weight is 393 g/mol. The van der Waals surface area contributed by atoms with Gasteiger partial charge in [-0.15, -0.1) is 0 Å². The van der Waals surface area contributed by atoms with Gasteiger partial charge in [0.25, 0.3) is 11.6 Å². The smallest absolute Gasteiger partial charge is 0.410 e. The Hall–Kier alpha value is -2.84. The van der Waals surface area contributed by atoms with Gasteiger partial charge in [-0.3, -0.25) is 14.9 Å². The van der Waals surface area contributed by atoms with Crippen LogP contribution in [0.3, 0.4) is 0 Å². The van der Waals surface area contributed by atoms with Crippen molar-refractivity contribution >= 4 is 17.7 Å². The number of amides is 2. The summed E-state index contributed by atoms with van der Waals surface area (Å²) >= 11 is 0. The molecule has 0 unspecified atom stereocenters. The van der Waals surface area contributed by atoms with E-state index in [1.165, 1.54) is 23.1 Å². The van der Waals surface area contributed by atoms with Crippen LogP contribution in [0, 0.1) is 10.1 Å². The molecule has 0 spiro atoms. The average Bonchev–Trinajstić information content (AvgIpc) is 2.60. The molecule has 1 aromatic rings. The van der Waals surface area contributed by atoms with E-state index in [-0.39, 0.29) is 29.4 Å². The van der Waals surface area contributed by atoms with Gasteiger partial charge < -0.3 is 19.3 Å². The van der Waals surface area contributed by atoms with Gasteiger partial charge >= 0.3 is 6.09 Å². The van der Waals surface area contributed by atoms with Crippen molar-refractivity contribution in [2.75, 3.05) is 27.2 Å². The number of non-ortho nitro benzene ring substituents is 1. The van der Waals surface area contributed by atoms with Crippen molar-refractivity contribution in [2.45, 2.75) is 45.3 Å². The van der Waals surface area contributed by atoms with Crippen molar-refractivity contribution in [3.05, 3.63) is 33.9 Å². The molecule has 0 atom stereocenters. The highest BCUT2D eigenvalue weighted by Gasteiger charge is 2.29. The Bertz CT molecular complexity index is 749. The van der Waals surface area contributed by atoms with Crippen LogP contribution in [0.25, 0.3) is 0 Å². The molecule has 1 fully saturated rings. The quantitative estimate of drug-likeness (QED) is 0.575. The largest absolute Gasteiger partial charge is 0.489 e. The van der Waals surface area contributed by atoms with E-state index in [9.17, 15) is 19.7 Å². The first kappa shape index (κ1) is 21.5. The topological polar surface area (TPSA) is 102 Å². The second kappa shape index (κ2) is 8.45. The SMILES string of the molecule is CN(C)C(=O)c1cc([N+](=O)[O-])ccc1OC1CCN(C(=O)OC(C)(C)C)CC1. The Kier molecular flexibility index (Phi) is 6.48. The molecule has 9 heteroatoms. The molecule has 0 radical (unpaired) electrons. The van der Waals surface area contributed by atoms with Crippen LogP contribution in [0.2, 0.25) is 0 Å². The molecular weight excluding hydrogens is 366 g/mol. The van der Waals surface area contributed by atoms with Gasteiger partial charge in [0.15, 0.2) is 0 Å². The highest BCUT2D eigenvalue weighted by atomic mass is 16.6. The van der Waals surface area contributed by atoms with Crippen LogP contribution in [0.4, 0.5) is 10.5 Å². The van der Waals surface area contributed by atoms with E-state index in [0.29, 0.717) is 31.7 Å². The minimum atomic E-state index is -0.551. The lowest BCUT2D eigenvalue weighted by atomic mass is 10.1. The zero-order valence-electron chi connectivity index (χ0n) is 16.9. The molecule has 1 aliphatic heterocycles. The number of hydrogen-bond acceptors (Lipinski definition) is 6.